The van der Waals surface area contributed by atoms with Crippen LogP contribution in [0.3, 0.4) is 0 Å². The molecule has 25 heavy (non-hydrogen) atoms. The third-order valence-electron chi connectivity index (χ3n) is 5.12. The lowest BCUT2D eigenvalue weighted by atomic mass is 10.0. The molecular formula is C19H30N4O2. The fourth-order valence-electron chi connectivity index (χ4n) is 3.33. The quantitative estimate of drug-likeness (QED) is 0.886. The monoisotopic (exact) mass is 346 g/mol. The molecule has 1 aromatic rings. The summed E-state index contributed by atoms with van der Waals surface area (Å²) in [5.41, 5.74) is 6.36. The van der Waals surface area contributed by atoms with Gasteiger partial charge in [-0.1, -0.05) is 12.8 Å². The first-order valence-corrected chi connectivity index (χ1v) is 8.99. The van der Waals surface area contributed by atoms with Gasteiger partial charge in [0.05, 0.1) is 5.56 Å². The van der Waals surface area contributed by atoms with Crippen LogP contribution in [-0.2, 0) is 0 Å². The molecule has 2 amide bonds. The van der Waals surface area contributed by atoms with Gasteiger partial charge in [-0.15, -0.1) is 0 Å². The maximum atomic E-state index is 12.9. The number of hydrogen-bond acceptors (Lipinski definition) is 4. The minimum atomic E-state index is -0.529. The summed E-state index contributed by atoms with van der Waals surface area (Å²) in [5.74, 6) is -0.669. The van der Waals surface area contributed by atoms with Crippen molar-refractivity contribution in [1.82, 2.24) is 14.8 Å². The zero-order valence-corrected chi connectivity index (χ0v) is 15.8. The minimum Gasteiger partial charge on any atom is -0.366 e. The molecular weight excluding hydrogens is 316 g/mol. The number of aromatic nitrogens is 1. The first kappa shape index (κ1) is 19.4. The number of aryl methyl sites for hydroxylation is 1. The molecule has 2 N–H and O–H groups in total. The van der Waals surface area contributed by atoms with E-state index in [-0.39, 0.29) is 11.4 Å². The van der Waals surface area contributed by atoms with Crippen molar-refractivity contribution in [2.75, 3.05) is 26.7 Å². The van der Waals surface area contributed by atoms with Gasteiger partial charge in [0.15, 0.2) is 0 Å². The average molecular weight is 346 g/mol. The predicted octanol–water partition coefficient (Wildman–Crippen LogP) is 2.22. The molecule has 138 valence electrons. The van der Waals surface area contributed by atoms with E-state index in [4.69, 9.17) is 5.73 Å². The molecule has 1 fully saturated rings. The minimum absolute atomic E-state index is 0.140. The van der Waals surface area contributed by atoms with E-state index in [1.54, 1.807) is 17.9 Å². The van der Waals surface area contributed by atoms with E-state index in [0.29, 0.717) is 16.8 Å². The molecule has 0 radical (unpaired) electrons. The SMILES string of the molecule is Cc1cc(C(=O)N(C)C(C)(C)CN2CCCCCC2)ncc1C(N)=O. The summed E-state index contributed by atoms with van der Waals surface area (Å²) in [7, 11) is 1.82. The van der Waals surface area contributed by atoms with Gasteiger partial charge < -0.3 is 15.5 Å². The van der Waals surface area contributed by atoms with Gasteiger partial charge in [0, 0.05) is 25.3 Å². The third-order valence-corrected chi connectivity index (χ3v) is 5.12. The average Bonchev–Trinajstić information content (AvgIpc) is 2.81. The Morgan fingerprint density at radius 3 is 2.36 bits per heavy atom. The van der Waals surface area contributed by atoms with Gasteiger partial charge in [-0.05, 0) is 58.3 Å². The van der Waals surface area contributed by atoms with Crippen LogP contribution in [0.4, 0.5) is 0 Å². The normalized spacial score (nSPS) is 16.3. The van der Waals surface area contributed by atoms with Crippen molar-refractivity contribution in [3.8, 4) is 0 Å². The molecule has 6 heteroatoms. The van der Waals surface area contributed by atoms with Gasteiger partial charge in [-0.2, -0.15) is 0 Å². The van der Waals surface area contributed by atoms with E-state index in [1.807, 2.05) is 7.05 Å². The van der Waals surface area contributed by atoms with Crippen LogP contribution < -0.4 is 5.73 Å². The number of likely N-dealkylation sites (N-methyl/N-ethyl adjacent to an activating group) is 1. The summed E-state index contributed by atoms with van der Waals surface area (Å²) in [4.78, 5) is 32.5. The molecule has 1 aliphatic heterocycles. The van der Waals surface area contributed by atoms with Crippen molar-refractivity contribution in [2.45, 2.75) is 52.0 Å². The van der Waals surface area contributed by atoms with Gasteiger partial charge >= 0.3 is 0 Å². The van der Waals surface area contributed by atoms with Gasteiger partial charge in [-0.3, -0.25) is 14.6 Å². The Labute approximate surface area is 150 Å². The Bertz CT molecular complexity index is 634. The summed E-state index contributed by atoms with van der Waals surface area (Å²) in [6.45, 7) is 8.96. The lowest BCUT2D eigenvalue weighted by molar-refractivity contribution is 0.0530. The van der Waals surface area contributed by atoms with Crippen molar-refractivity contribution < 1.29 is 9.59 Å². The molecule has 6 nitrogen and oxygen atoms in total. The predicted molar refractivity (Wildman–Crippen MR) is 98.6 cm³/mol. The number of hydrogen-bond donors (Lipinski definition) is 1. The summed E-state index contributed by atoms with van der Waals surface area (Å²) in [6, 6.07) is 1.64. The molecule has 0 spiro atoms. The van der Waals surface area contributed by atoms with Gasteiger partial charge in [-0.25, -0.2) is 0 Å². The molecule has 1 aromatic heterocycles. The van der Waals surface area contributed by atoms with Crippen LogP contribution in [0.5, 0.6) is 0 Å². The zero-order valence-electron chi connectivity index (χ0n) is 15.8. The number of amides is 2. The highest BCUT2D eigenvalue weighted by Crippen LogP contribution is 2.20. The summed E-state index contributed by atoms with van der Waals surface area (Å²) >= 11 is 0. The van der Waals surface area contributed by atoms with Crippen molar-refractivity contribution in [3.05, 3.63) is 29.1 Å². The van der Waals surface area contributed by atoms with Crippen molar-refractivity contribution >= 4 is 11.8 Å². The van der Waals surface area contributed by atoms with Crippen LogP contribution >= 0.6 is 0 Å². The molecule has 1 aliphatic rings. The number of nitrogens with zero attached hydrogens (tertiary/aromatic N) is 3. The molecule has 2 rings (SSSR count). The summed E-state index contributed by atoms with van der Waals surface area (Å²) in [5, 5.41) is 0. The second-order valence-electron chi connectivity index (χ2n) is 7.62. The van der Waals surface area contributed by atoms with E-state index in [0.717, 1.165) is 19.6 Å². The first-order valence-electron chi connectivity index (χ1n) is 8.99. The van der Waals surface area contributed by atoms with Crippen molar-refractivity contribution in [2.24, 2.45) is 5.73 Å². The second-order valence-corrected chi connectivity index (χ2v) is 7.62. The van der Waals surface area contributed by atoms with Crippen LogP contribution in [-0.4, -0.2) is 58.8 Å². The van der Waals surface area contributed by atoms with E-state index in [9.17, 15) is 9.59 Å². The lowest BCUT2D eigenvalue weighted by Crippen LogP contribution is -2.52. The van der Waals surface area contributed by atoms with Crippen LogP contribution in [0.1, 0.15) is 65.9 Å². The number of pyridine rings is 1. The van der Waals surface area contributed by atoms with Gasteiger partial charge in [0.25, 0.3) is 11.8 Å². The number of nitrogens with two attached hydrogens (primary N) is 1. The Hall–Kier alpha value is -1.95. The van der Waals surface area contributed by atoms with E-state index >= 15 is 0 Å². The first-order chi connectivity index (χ1) is 11.7. The largest absolute Gasteiger partial charge is 0.366 e. The van der Waals surface area contributed by atoms with E-state index < -0.39 is 5.91 Å². The number of primary amides is 1. The highest BCUT2D eigenvalue weighted by Gasteiger charge is 2.31. The Morgan fingerprint density at radius 2 is 1.84 bits per heavy atom. The van der Waals surface area contributed by atoms with Crippen LogP contribution in [0.25, 0.3) is 0 Å². The van der Waals surface area contributed by atoms with Crippen molar-refractivity contribution in [1.29, 1.82) is 0 Å². The maximum Gasteiger partial charge on any atom is 0.272 e. The van der Waals surface area contributed by atoms with Crippen molar-refractivity contribution in [3.63, 3.8) is 0 Å². The van der Waals surface area contributed by atoms with Gasteiger partial charge in [0.1, 0.15) is 5.69 Å². The fourth-order valence-corrected chi connectivity index (χ4v) is 3.33. The van der Waals surface area contributed by atoms with Crippen LogP contribution in [0, 0.1) is 6.92 Å². The Morgan fingerprint density at radius 1 is 1.24 bits per heavy atom. The Balaban J connectivity index is 2.11. The highest BCUT2D eigenvalue weighted by molar-refractivity contribution is 5.96. The van der Waals surface area contributed by atoms with Crippen LogP contribution in [0.15, 0.2) is 12.3 Å². The lowest BCUT2D eigenvalue weighted by Gasteiger charge is -2.39. The standard InChI is InChI=1S/C19H30N4O2/c1-14-11-16(21-12-15(14)17(20)24)18(25)22(4)19(2,3)13-23-9-7-5-6-8-10-23/h11-12H,5-10,13H2,1-4H3,(H2,20,24). The molecule has 0 bridgehead atoms. The summed E-state index contributed by atoms with van der Waals surface area (Å²) < 4.78 is 0. The number of rotatable bonds is 5. The molecule has 0 atom stereocenters. The number of carbonyl (C=O) groups is 2. The number of carbonyl (C=O) groups excluding carboxylic acids is 2. The molecule has 2 heterocycles. The van der Waals surface area contributed by atoms with E-state index in [1.165, 1.54) is 31.9 Å². The Kier molecular flexibility index (Phi) is 6.16. The zero-order chi connectivity index (χ0) is 18.6. The van der Waals surface area contributed by atoms with E-state index in [2.05, 4.69) is 23.7 Å². The van der Waals surface area contributed by atoms with Crippen LogP contribution in [0.2, 0.25) is 0 Å². The number of likely N-dealkylation sites (tertiary alicyclic amines) is 1. The van der Waals surface area contributed by atoms with Gasteiger partial charge in [0.2, 0.25) is 0 Å². The molecule has 0 aliphatic carbocycles. The molecule has 0 unspecified atom stereocenters. The topological polar surface area (TPSA) is 79.5 Å². The summed E-state index contributed by atoms with van der Waals surface area (Å²) in [6.07, 6.45) is 6.43. The maximum absolute atomic E-state index is 12.9. The smallest absolute Gasteiger partial charge is 0.272 e. The highest BCUT2D eigenvalue weighted by atomic mass is 16.2. The molecule has 0 saturated carbocycles. The molecule has 0 aromatic carbocycles. The fraction of sp³-hybridized carbons (Fsp3) is 0.632. The third kappa shape index (κ3) is 4.78. The molecule has 1 saturated heterocycles. The second kappa shape index (κ2) is 7.95.